The maximum atomic E-state index is 11.8. The molecule has 56 heavy (non-hydrogen) atoms. The number of carbonyl (C=O) groups excluding carboxylic acids is 1. The molecule has 0 radical (unpaired) electrons. The van der Waals surface area contributed by atoms with Crippen molar-refractivity contribution in [2.75, 3.05) is 86.3 Å². The number of anilines is 1. The van der Waals surface area contributed by atoms with E-state index in [0.29, 0.717) is 16.9 Å². The number of nitrogens with zero attached hydrogens (tertiary/aromatic N) is 6. The minimum Gasteiger partial charge on any atom is -0.384 e. The molecule has 0 saturated carbocycles. The summed E-state index contributed by atoms with van der Waals surface area (Å²) in [6, 6.07) is 5.97. The van der Waals surface area contributed by atoms with Gasteiger partial charge in [-0.05, 0) is 106 Å². The van der Waals surface area contributed by atoms with Crippen molar-refractivity contribution in [3.8, 4) is 0 Å². The molecule has 5 rings (SSSR count). The summed E-state index contributed by atoms with van der Waals surface area (Å²) in [6.45, 7) is 30.2. The Morgan fingerprint density at radius 2 is 1.79 bits per heavy atom. The van der Waals surface area contributed by atoms with E-state index in [9.17, 15) is 4.79 Å². The van der Waals surface area contributed by atoms with Gasteiger partial charge >= 0.3 is 0 Å². The number of carbonyl (C=O) groups is 1. The lowest BCUT2D eigenvalue weighted by atomic mass is 9.73. The summed E-state index contributed by atoms with van der Waals surface area (Å²) >= 11 is 1.75. The number of hydrogen-bond acceptors (Lipinski definition) is 10. The van der Waals surface area contributed by atoms with Crippen molar-refractivity contribution in [2.24, 2.45) is 16.3 Å². The summed E-state index contributed by atoms with van der Waals surface area (Å²) < 4.78 is 6.78. The maximum absolute atomic E-state index is 11.8. The topological polar surface area (TPSA) is 111 Å². The number of thioether (sulfide) groups is 1. The van der Waals surface area contributed by atoms with Crippen LogP contribution in [0.2, 0.25) is 0 Å². The number of pyridine rings is 1. The second-order valence-electron chi connectivity index (χ2n) is 16.4. The molecule has 1 amide bonds. The maximum Gasteiger partial charge on any atom is 0.245 e. The number of nitrogens with one attached hydrogen (secondary N) is 2. The van der Waals surface area contributed by atoms with E-state index in [1.165, 1.54) is 51.5 Å². The van der Waals surface area contributed by atoms with Crippen LogP contribution in [0.3, 0.4) is 0 Å². The van der Waals surface area contributed by atoms with Gasteiger partial charge in [-0.3, -0.25) is 4.79 Å². The van der Waals surface area contributed by atoms with Crippen LogP contribution in [0.15, 0.2) is 59.4 Å². The quantitative estimate of drug-likeness (QED) is 0.144. The zero-order chi connectivity index (χ0) is 43.3. The van der Waals surface area contributed by atoms with Gasteiger partial charge in [0, 0.05) is 51.1 Å². The van der Waals surface area contributed by atoms with Crippen LogP contribution in [-0.2, 0) is 9.53 Å². The number of amidine groups is 1. The number of likely N-dealkylation sites (N-methyl/N-ethyl adjacent to an activating group) is 2. The number of aliphatic imine (C=N–C) groups is 1. The Labute approximate surface area is 348 Å². The first-order chi connectivity index (χ1) is 26.2. The van der Waals surface area contributed by atoms with Crippen LogP contribution < -0.4 is 20.9 Å². The van der Waals surface area contributed by atoms with Crippen LogP contribution in [0.25, 0.3) is 0 Å². The number of quaternary nitrogens is 1. The average molecular weight is 803 g/mol. The standard InChI is InChI=1S/C24H35N7O2.C6H13N.C6H15N.C3H8.C3H6.C2H6S/c1-15(11-20(32)26-5)27-22-29-21-16(13-30(22)6)24(4)14-33-23(2,3)12-17(24)31(21,7)19-10-8-9-18(25)28-19;1-6-3-4-7(2)5-6;1-4-6-7(3)5-2;3*1-3-2/h8-11,13,17,22H,12,14H2,1-7H3,(H3-,25,26,27,28,32);6H,3-5H2,1-2H3;4-6H2,1-3H3;3H2,1-2H3;3H,1H2,2H3;1-2H3/p+1/t17?,22?,24-,31?;6-;;;;/m11..../s1. The van der Waals surface area contributed by atoms with Crippen LogP contribution in [0, 0.1) is 11.3 Å². The van der Waals surface area contributed by atoms with E-state index in [-0.39, 0.29) is 29.3 Å². The molecule has 12 heteroatoms. The zero-order valence-corrected chi connectivity index (χ0v) is 39.6. The molecule has 1 aromatic heterocycles. The number of fused-ring (bicyclic) bond motifs is 3. The summed E-state index contributed by atoms with van der Waals surface area (Å²) in [6.07, 6.45) is 13.9. The number of aromatic nitrogens is 1. The van der Waals surface area contributed by atoms with Gasteiger partial charge in [0.25, 0.3) is 0 Å². The minimum atomic E-state index is -0.360. The molecule has 3 fully saturated rings. The lowest BCUT2D eigenvalue weighted by Crippen LogP contribution is -2.61. The predicted molar refractivity (Wildman–Crippen MR) is 247 cm³/mol. The number of hydrogen-bond donors (Lipinski definition) is 3. The molecule has 322 valence electrons. The molecule has 5 heterocycles. The average Bonchev–Trinajstić information content (AvgIpc) is 3.60. The van der Waals surface area contributed by atoms with Crippen molar-refractivity contribution in [3.05, 3.63) is 54.4 Å². The van der Waals surface area contributed by atoms with Gasteiger partial charge < -0.3 is 35.8 Å². The first-order valence-electron chi connectivity index (χ1n) is 20.5. The summed E-state index contributed by atoms with van der Waals surface area (Å²) in [4.78, 5) is 28.5. The first-order valence-corrected chi connectivity index (χ1v) is 22.2. The van der Waals surface area contributed by atoms with Gasteiger partial charge in [0.2, 0.25) is 23.9 Å². The molecule has 4 aliphatic rings. The van der Waals surface area contributed by atoms with Gasteiger partial charge in [-0.15, -0.1) is 6.58 Å². The third-order valence-electron chi connectivity index (χ3n) is 10.0. The number of nitrogen functional groups attached to an aromatic ring is 1. The Hall–Kier alpha value is -2.90. The Kier molecular flexibility index (Phi) is 24.8. The Bertz CT molecular complexity index is 1390. The summed E-state index contributed by atoms with van der Waals surface area (Å²) in [7, 11) is 10.1. The number of rotatable bonds is 7. The van der Waals surface area contributed by atoms with E-state index < -0.39 is 0 Å². The zero-order valence-electron chi connectivity index (χ0n) is 38.8. The van der Waals surface area contributed by atoms with Crippen molar-refractivity contribution in [2.45, 2.75) is 113 Å². The lowest BCUT2D eigenvalue weighted by Gasteiger charge is -2.46. The van der Waals surface area contributed by atoms with Crippen LogP contribution >= 0.6 is 11.8 Å². The molecule has 3 saturated heterocycles. The molecule has 0 aliphatic carbocycles. The van der Waals surface area contributed by atoms with E-state index in [1.54, 1.807) is 24.9 Å². The fourth-order valence-electron chi connectivity index (χ4n) is 7.04. The molecule has 4 N–H and O–H groups in total. The molecule has 4 aliphatic heterocycles. The molecule has 1 aromatic rings. The van der Waals surface area contributed by atoms with Crippen molar-refractivity contribution in [3.63, 3.8) is 0 Å². The van der Waals surface area contributed by atoms with Gasteiger partial charge in [-0.25, -0.2) is 4.48 Å². The summed E-state index contributed by atoms with van der Waals surface area (Å²) in [5.74, 6) is 3.10. The SMILES string of the molecule is C=CC.CCC.CCCN(C)CC.CNC(=O)/C=C(\C)NC1N=C2C(=CN1C)[C@@]1(C)COC(C)(C)CC1[N+]2(C)c1cccc(N)n1.CSC.C[C@@H]1CCN(C)C1. The largest absolute Gasteiger partial charge is 0.384 e. The highest BCUT2D eigenvalue weighted by molar-refractivity contribution is 7.97. The van der Waals surface area contributed by atoms with Crippen molar-refractivity contribution >= 4 is 35.1 Å². The number of nitrogens with two attached hydrogens (primary N) is 1. The fourth-order valence-corrected chi connectivity index (χ4v) is 7.04. The molecular formula is C44H84N9O2S+. The highest BCUT2D eigenvalue weighted by Gasteiger charge is 2.67. The number of amides is 1. The van der Waals surface area contributed by atoms with Crippen LogP contribution in [0.1, 0.15) is 94.9 Å². The van der Waals surface area contributed by atoms with Gasteiger partial charge in [-0.1, -0.05) is 53.2 Å². The van der Waals surface area contributed by atoms with Crippen LogP contribution in [0.5, 0.6) is 0 Å². The van der Waals surface area contributed by atoms with Gasteiger partial charge in [-0.2, -0.15) is 21.7 Å². The molecule has 0 bridgehead atoms. The van der Waals surface area contributed by atoms with Gasteiger partial charge in [0.15, 0.2) is 0 Å². The number of ether oxygens (including phenoxy) is 1. The van der Waals surface area contributed by atoms with Crippen molar-refractivity contribution in [1.29, 1.82) is 0 Å². The predicted octanol–water partition coefficient (Wildman–Crippen LogP) is 7.83. The van der Waals surface area contributed by atoms with Gasteiger partial charge in [0.1, 0.15) is 11.9 Å². The summed E-state index contributed by atoms with van der Waals surface area (Å²) in [5, 5.41) is 5.98. The van der Waals surface area contributed by atoms with Gasteiger partial charge in [0.05, 0.1) is 30.2 Å². The molecule has 0 aromatic carbocycles. The molecule has 11 nitrogen and oxygen atoms in total. The number of likely N-dealkylation sites (tertiary alicyclic amines) is 2. The Morgan fingerprint density at radius 1 is 1.20 bits per heavy atom. The van der Waals surface area contributed by atoms with Crippen LogP contribution in [-0.4, -0.2) is 130 Å². The summed E-state index contributed by atoms with van der Waals surface area (Å²) in [5.41, 5.74) is 7.51. The smallest absolute Gasteiger partial charge is 0.245 e. The molecule has 5 atom stereocenters. The Balaban J connectivity index is 0.00000107. The monoisotopic (exact) mass is 803 g/mol. The second kappa shape index (κ2) is 26.2. The minimum absolute atomic E-state index is 0.161. The Morgan fingerprint density at radius 3 is 2.21 bits per heavy atom. The lowest BCUT2D eigenvalue weighted by molar-refractivity contribution is -0.116. The highest BCUT2D eigenvalue weighted by atomic mass is 32.2. The van der Waals surface area contributed by atoms with E-state index >= 15 is 0 Å². The van der Waals surface area contributed by atoms with E-state index in [1.807, 2.05) is 56.5 Å². The van der Waals surface area contributed by atoms with E-state index in [2.05, 4.69) is 110 Å². The van der Waals surface area contributed by atoms with Crippen molar-refractivity contribution < 1.29 is 9.53 Å². The second-order valence-corrected chi connectivity index (χ2v) is 17.2. The fraction of sp³-hybridized carbons (Fsp3) is 0.705. The highest BCUT2D eigenvalue weighted by Crippen LogP contribution is 2.55. The molecule has 0 spiro atoms. The van der Waals surface area contributed by atoms with E-state index in [0.717, 1.165) is 35.3 Å². The third kappa shape index (κ3) is 16.2. The normalized spacial score (nSPS) is 25.9. The molecule has 3 unspecified atom stereocenters. The van der Waals surface area contributed by atoms with Crippen molar-refractivity contribution in [1.82, 2.24) is 34.8 Å². The third-order valence-corrected chi connectivity index (χ3v) is 10.0. The molecular weight excluding hydrogens is 719 g/mol. The van der Waals surface area contributed by atoms with E-state index in [4.69, 9.17) is 20.4 Å². The van der Waals surface area contributed by atoms with Crippen LogP contribution in [0.4, 0.5) is 11.6 Å². The first kappa shape index (κ1) is 53.1. The number of allylic oxidation sites excluding steroid dienone is 2.